The number of rotatable bonds is 4. The van der Waals surface area contributed by atoms with E-state index in [2.05, 4.69) is 35.1 Å². The highest BCUT2D eigenvalue weighted by Gasteiger charge is 2.19. The van der Waals surface area contributed by atoms with E-state index >= 15 is 0 Å². The molecule has 0 bridgehead atoms. The summed E-state index contributed by atoms with van der Waals surface area (Å²) in [5.74, 6) is 0.339. The van der Waals surface area contributed by atoms with Crippen LogP contribution in [0.25, 0.3) is 10.9 Å². The Hall–Kier alpha value is -2.46. The van der Waals surface area contributed by atoms with E-state index in [-0.39, 0.29) is 18.0 Å². The first-order valence-corrected chi connectivity index (χ1v) is 9.17. The van der Waals surface area contributed by atoms with Crippen LogP contribution in [0, 0.1) is 5.82 Å². The lowest BCUT2D eigenvalue weighted by Gasteiger charge is -2.29. The van der Waals surface area contributed by atoms with E-state index in [9.17, 15) is 9.18 Å². The van der Waals surface area contributed by atoms with E-state index in [1.165, 1.54) is 30.5 Å². The van der Waals surface area contributed by atoms with Crippen LogP contribution in [0.2, 0.25) is 0 Å². The van der Waals surface area contributed by atoms with E-state index in [0.717, 1.165) is 29.6 Å². The largest absolute Gasteiger partial charge is 0.352 e. The number of Topliss-reactive ketones (excluding diaryl/α,β-unsaturated/α-hetero) is 1. The monoisotopic (exact) mass is 350 g/mol. The molecule has 1 N–H and O–H groups in total. The van der Waals surface area contributed by atoms with Crippen molar-refractivity contribution in [2.75, 3.05) is 20.1 Å². The van der Waals surface area contributed by atoms with Crippen molar-refractivity contribution >= 4 is 16.7 Å². The summed E-state index contributed by atoms with van der Waals surface area (Å²) in [4.78, 5) is 18.2. The predicted molar refractivity (Wildman–Crippen MR) is 102 cm³/mol. The quantitative estimate of drug-likeness (QED) is 0.701. The zero-order valence-corrected chi connectivity index (χ0v) is 15.0. The standard InChI is InChI=1S/C22H23FN2O/c1-25-10-8-16(9-11-25)17-4-7-20-18(13-17)14-21(24-20)22(26)12-15-2-5-19(23)6-3-15/h2-7,13-14,16,24H,8-12H2,1H3. The molecule has 0 saturated carbocycles. The normalized spacial score (nSPS) is 16.2. The number of aromatic amines is 1. The van der Waals surface area contributed by atoms with Crippen molar-refractivity contribution in [3.63, 3.8) is 0 Å². The van der Waals surface area contributed by atoms with Crippen LogP contribution in [0.5, 0.6) is 0 Å². The Morgan fingerprint density at radius 2 is 1.85 bits per heavy atom. The smallest absolute Gasteiger partial charge is 0.183 e. The van der Waals surface area contributed by atoms with Crippen LogP contribution in [0.15, 0.2) is 48.5 Å². The van der Waals surface area contributed by atoms with Crippen LogP contribution < -0.4 is 0 Å². The number of halogens is 1. The van der Waals surface area contributed by atoms with Gasteiger partial charge in [-0.25, -0.2) is 4.39 Å². The molecule has 134 valence electrons. The summed E-state index contributed by atoms with van der Waals surface area (Å²) in [6.07, 6.45) is 2.64. The molecule has 0 radical (unpaired) electrons. The third kappa shape index (κ3) is 3.56. The second-order valence-corrected chi connectivity index (χ2v) is 7.33. The maximum atomic E-state index is 13.0. The van der Waals surface area contributed by atoms with Crippen molar-refractivity contribution < 1.29 is 9.18 Å². The van der Waals surface area contributed by atoms with E-state index in [1.807, 2.05) is 6.07 Å². The Morgan fingerprint density at radius 1 is 1.12 bits per heavy atom. The molecule has 4 rings (SSSR count). The van der Waals surface area contributed by atoms with Crippen molar-refractivity contribution in [3.8, 4) is 0 Å². The molecule has 0 unspecified atom stereocenters. The van der Waals surface area contributed by atoms with Gasteiger partial charge in [-0.05, 0) is 80.4 Å². The Balaban J connectivity index is 1.53. The Kier molecular flexibility index (Phi) is 4.60. The van der Waals surface area contributed by atoms with Crippen molar-refractivity contribution in [1.82, 2.24) is 9.88 Å². The first-order chi connectivity index (χ1) is 12.6. The van der Waals surface area contributed by atoms with Gasteiger partial charge in [0, 0.05) is 17.3 Å². The molecule has 1 aliphatic rings. The molecular weight excluding hydrogens is 327 g/mol. The molecule has 2 heterocycles. The number of ketones is 1. The number of carbonyl (C=O) groups is 1. The predicted octanol–water partition coefficient (Wildman–Crippen LogP) is 4.54. The molecule has 0 aliphatic carbocycles. The van der Waals surface area contributed by atoms with E-state index in [4.69, 9.17) is 0 Å². The molecule has 0 amide bonds. The fourth-order valence-corrected chi connectivity index (χ4v) is 3.78. The summed E-state index contributed by atoms with van der Waals surface area (Å²) in [6, 6.07) is 14.5. The minimum Gasteiger partial charge on any atom is -0.352 e. The number of carbonyl (C=O) groups excluding carboxylic acids is 1. The highest BCUT2D eigenvalue weighted by atomic mass is 19.1. The minimum absolute atomic E-state index is 0.0219. The number of nitrogens with one attached hydrogen (secondary N) is 1. The molecule has 3 nitrogen and oxygen atoms in total. The molecule has 1 fully saturated rings. The van der Waals surface area contributed by atoms with Crippen LogP contribution >= 0.6 is 0 Å². The average Bonchev–Trinajstić information content (AvgIpc) is 3.08. The fraction of sp³-hybridized carbons (Fsp3) is 0.318. The summed E-state index contributed by atoms with van der Waals surface area (Å²) >= 11 is 0. The number of likely N-dealkylation sites (tertiary alicyclic amines) is 1. The van der Waals surface area contributed by atoms with Gasteiger partial charge in [0.1, 0.15) is 5.82 Å². The van der Waals surface area contributed by atoms with Crippen LogP contribution in [0.3, 0.4) is 0 Å². The van der Waals surface area contributed by atoms with Gasteiger partial charge in [-0.15, -0.1) is 0 Å². The van der Waals surface area contributed by atoms with Gasteiger partial charge < -0.3 is 9.88 Å². The summed E-state index contributed by atoms with van der Waals surface area (Å²) in [5, 5.41) is 1.09. The van der Waals surface area contributed by atoms with Crippen LogP contribution in [-0.2, 0) is 6.42 Å². The molecule has 3 aromatic rings. The molecule has 1 saturated heterocycles. The van der Waals surface area contributed by atoms with Crippen LogP contribution in [0.4, 0.5) is 4.39 Å². The topological polar surface area (TPSA) is 36.1 Å². The molecular formula is C22H23FN2O. The van der Waals surface area contributed by atoms with Crippen molar-refractivity contribution in [2.24, 2.45) is 0 Å². The lowest BCUT2D eigenvalue weighted by molar-refractivity contribution is 0.0989. The first-order valence-electron chi connectivity index (χ1n) is 9.17. The Labute approximate surface area is 152 Å². The second kappa shape index (κ2) is 7.04. The molecule has 1 aromatic heterocycles. The van der Waals surface area contributed by atoms with Gasteiger partial charge in [0.05, 0.1) is 5.69 Å². The molecule has 0 spiro atoms. The highest BCUT2D eigenvalue weighted by molar-refractivity contribution is 6.00. The molecule has 2 aromatic carbocycles. The molecule has 1 aliphatic heterocycles. The van der Waals surface area contributed by atoms with Crippen molar-refractivity contribution in [1.29, 1.82) is 0 Å². The number of hydrogen-bond donors (Lipinski definition) is 1. The molecule has 0 atom stereocenters. The number of nitrogens with zero attached hydrogens (tertiary/aromatic N) is 1. The SMILES string of the molecule is CN1CCC(c2ccc3[nH]c(C(=O)Cc4ccc(F)cc4)cc3c2)CC1. The van der Waals surface area contributed by atoms with Crippen LogP contribution in [0.1, 0.15) is 40.4 Å². The second-order valence-electron chi connectivity index (χ2n) is 7.33. The fourth-order valence-electron chi connectivity index (χ4n) is 3.78. The van der Waals surface area contributed by atoms with Crippen LogP contribution in [-0.4, -0.2) is 35.8 Å². The van der Waals surface area contributed by atoms with E-state index in [1.54, 1.807) is 12.1 Å². The van der Waals surface area contributed by atoms with Gasteiger partial charge >= 0.3 is 0 Å². The van der Waals surface area contributed by atoms with Gasteiger partial charge in [0.2, 0.25) is 0 Å². The lowest BCUT2D eigenvalue weighted by atomic mass is 9.89. The third-order valence-corrected chi connectivity index (χ3v) is 5.41. The van der Waals surface area contributed by atoms with E-state index in [0.29, 0.717) is 11.6 Å². The van der Waals surface area contributed by atoms with Gasteiger partial charge in [0.25, 0.3) is 0 Å². The number of aromatic nitrogens is 1. The maximum Gasteiger partial charge on any atom is 0.183 e. The lowest BCUT2D eigenvalue weighted by Crippen LogP contribution is -2.29. The zero-order chi connectivity index (χ0) is 18.1. The van der Waals surface area contributed by atoms with Gasteiger partial charge in [-0.2, -0.15) is 0 Å². The van der Waals surface area contributed by atoms with E-state index < -0.39 is 0 Å². The zero-order valence-electron chi connectivity index (χ0n) is 15.0. The number of hydrogen-bond acceptors (Lipinski definition) is 2. The first kappa shape index (κ1) is 17.0. The van der Waals surface area contributed by atoms with Gasteiger partial charge in [-0.3, -0.25) is 4.79 Å². The third-order valence-electron chi connectivity index (χ3n) is 5.41. The van der Waals surface area contributed by atoms with Crippen molar-refractivity contribution in [3.05, 3.63) is 71.2 Å². The Bertz CT molecular complexity index is 921. The maximum absolute atomic E-state index is 13.0. The number of H-pyrrole nitrogens is 1. The summed E-state index contributed by atoms with van der Waals surface area (Å²) in [7, 11) is 2.17. The highest BCUT2D eigenvalue weighted by Crippen LogP contribution is 2.30. The molecule has 26 heavy (non-hydrogen) atoms. The summed E-state index contributed by atoms with van der Waals surface area (Å²) < 4.78 is 13.0. The summed E-state index contributed by atoms with van der Waals surface area (Å²) in [5.41, 5.74) is 3.79. The number of piperidine rings is 1. The number of fused-ring (bicyclic) bond motifs is 1. The minimum atomic E-state index is -0.284. The number of benzene rings is 2. The average molecular weight is 350 g/mol. The van der Waals surface area contributed by atoms with Gasteiger partial charge in [0.15, 0.2) is 5.78 Å². The van der Waals surface area contributed by atoms with Gasteiger partial charge in [-0.1, -0.05) is 18.2 Å². The molecule has 4 heteroatoms. The summed E-state index contributed by atoms with van der Waals surface area (Å²) in [6.45, 7) is 2.27. The Morgan fingerprint density at radius 3 is 2.58 bits per heavy atom. The van der Waals surface area contributed by atoms with Crippen molar-refractivity contribution in [2.45, 2.75) is 25.2 Å².